The van der Waals surface area contributed by atoms with Gasteiger partial charge in [-0.1, -0.05) is 73.2 Å². The van der Waals surface area contributed by atoms with E-state index in [0.717, 1.165) is 74.8 Å². The molecule has 3 N–H and O–H groups in total. The number of likely N-dealkylation sites (tertiary alicyclic amines) is 3. The molecule has 3 fully saturated rings. The van der Waals surface area contributed by atoms with Crippen molar-refractivity contribution < 1.29 is 19.2 Å². The summed E-state index contributed by atoms with van der Waals surface area (Å²) in [6, 6.07) is 24.5. The number of amides is 5. The summed E-state index contributed by atoms with van der Waals surface area (Å²) in [5, 5.41) is 8.97. The van der Waals surface area contributed by atoms with Crippen LogP contribution in [0.3, 0.4) is 0 Å². The van der Waals surface area contributed by atoms with Gasteiger partial charge in [-0.25, -0.2) is 4.79 Å². The maximum absolute atomic E-state index is 14.1. The molecule has 0 radical (unpaired) electrons. The van der Waals surface area contributed by atoms with Gasteiger partial charge in [0.25, 0.3) is 0 Å². The highest BCUT2D eigenvalue weighted by Crippen LogP contribution is 2.32. The zero-order chi connectivity index (χ0) is 36.6. The van der Waals surface area contributed by atoms with Crippen molar-refractivity contribution in [2.75, 3.05) is 49.9 Å². The van der Waals surface area contributed by atoms with Crippen LogP contribution >= 0.6 is 0 Å². The number of urea groups is 1. The highest BCUT2D eigenvalue weighted by Gasteiger charge is 2.35. The van der Waals surface area contributed by atoms with Gasteiger partial charge in [0.05, 0.1) is 12.1 Å². The summed E-state index contributed by atoms with van der Waals surface area (Å²) >= 11 is 0. The first-order chi connectivity index (χ1) is 25.9. The lowest BCUT2D eigenvalue weighted by Crippen LogP contribution is -2.55. The molecule has 4 heterocycles. The fourth-order valence-corrected chi connectivity index (χ4v) is 8.79. The second kappa shape index (κ2) is 17.4. The Morgan fingerprint density at radius 2 is 1.42 bits per heavy atom. The fraction of sp³-hybridized carbons (Fsp3) is 0.488. The van der Waals surface area contributed by atoms with E-state index in [2.05, 4.69) is 26.9 Å². The van der Waals surface area contributed by atoms with E-state index in [4.69, 9.17) is 0 Å². The largest absolute Gasteiger partial charge is 0.343 e. The van der Waals surface area contributed by atoms with E-state index in [9.17, 15) is 19.2 Å². The summed E-state index contributed by atoms with van der Waals surface area (Å²) in [4.78, 5) is 60.6. The molecule has 0 bridgehead atoms. The molecule has 53 heavy (non-hydrogen) atoms. The van der Waals surface area contributed by atoms with Crippen LogP contribution in [0.15, 0.2) is 78.9 Å². The van der Waals surface area contributed by atoms with Crippen molar-refractivity contribution in [2.24, 2.45) is 11.8 Å². The van der Waals surface area contributed by atoms with E-state index in [0.29, 0.717) is 43.8 Å². The van der Waals surface area contributed by atoms with Crippen LogP contribution in [0.5, 0.6) is 0 Å². The number of nitrogens with zero attached hydrogens (tertiary/aromatic N) is 3. The molecule has 0 aliphatic carbocycles. The van der Waals surface area contributed by atoms with Gasteiger partial charge in [-0.05, 0) is 100 Å². The number of nitrogens with one attached hydrogen (secondary N) is 3. The molecule has 0 aromatic heterocycles. The average Bonchev–Trinajstić information content (AvgIpc) is 3.20. The first kappa shape index (κ1) is 36.6. The molecule has 3 saturated heterocycles. The molecule has 4 aliphatic heterocycles. The normalized spacial score (nSPS) is 20.6. The van der Waals surface area contributed by atoms with E-state index < -0.39 is 12.1 Å². The molecular weight excluding hydrogens is 665 g/mol. The van der Waals surface area contributed by atoms with Gasteiger partial charge in [-0.3, -0.25) is 14.4 Å². The fourth-order valence-electron chi connectivity index (χ4n) is 8.79. The number of hydrogen-bond acceptors (Lipinski definition) is 5. The van der Waals surface area contributed by atoms with Gasteiger partial charge in [-0.15, -0.1) is 0 Å². The van der Waals surface area contributed by atoms with Crippen LogP contribution in [0.2, 0.25) is 0 Å². The van der Waals surface area contributed by atoms with E-state index in [-0.39, 0.29) is 30.1 Å². The summed E-state index contributed by atoms with van der Waals surface area (Å²) in [5.41, 5.74) is 4.59. The quantitative estimate of drug-likeness (QED) is 0.220. The van der Waals surface area contributed by atoms with Crippen LogP contribution in [0.4, 0.5) is 16.2 Å². The second-order valence-electron chi connectivity index (χ2n) is 15.4. The van der Waals surface area contributed by atoms with Crippen molar-refractivity contribution in [3.63, 3.8) is 0 Å². The van der Waals surface area contributed by atoms with E-state index in [1.807, 2.05) is 82.6 Å². The van der Waals surface area contributed by atoms with Gasteiger partial charge in [0.1, 0.15) is 6.04 Å². The van der Waals surface area contributed by atoms with Crippen LogP contribution in [0, 0.1) is 11.8 Å². The number of fused-ring (bicyclic) bond motifs is 1. The van der Waals surface area contributed by atoms with Gasteiger partial charge >= 0.3 is 6.03 Å². The van der Waals surface area contributed by atoms with Crippen molar-refractivity contribution >= 4 is 35.1 Å². The molecule has 1 unspecified atom stereocenters. The average molecular weight is 719 g/mol. The van der Waals surface area contributed by atoms with Crippen LogP contribution in [-0.2, 0) is 20.8 Å². The van der Waals surface area contributed by atoms with E-state index in [1.54, 1.807) is 0 Å². The van der Waals surface area contributed by atoms with Gasteiger partial charge in [0.15, 0.2) is 0 Å². The Morgan fingerprint density at radius 1 is 0.736 bits per heavy atom. The van der Waals surface area contributed by atoms with Crippen molar-refractivity contribution in [1.29, 1.82) is 0 Å². The van der Waals surface area contributed by atoms with Gasteiger partial charge < -0.3 is 30.7 Å². The highest BCUT2D eigenvalue weighted by molar-refractivity contribution is 5.98. The number of carbonyl (C=O) groups is 4. The Bertz CT molecular complexity index is 1730. The van der Waals surface area contributed by atoms with E-state index in [1.165, 1.54) is 24.8 Å². The number of benzene rings is 3. The zero-order valence-corrected chi connectivity index (χ0v) is 30.8. The minimum atomic E-state index is -0.969. The van der Waals surface area contributed by atoms with Crippen molar-refractivity contribution in [1.82, 2.24) is 20.0 Å². The van der Waals surface area contributed by atoms with Gasteiger partial charge in [0.2, 0.25) is 17.7 Å². The smallest absolute Gasteiger partial charge is 0.319 e. The molecule has 3 aromatic carbocycles. The Kier molecular flexibility index (Phi) is 12.0. The summed E-state index contributed by atoms with van der Waals surface area (Å²) < 4.78 is 0. The summed E-state index contributed by atoms with van der Waals surface area (Å²) in [6.45, 7) is 4.73. The topological polar surface area (TPSA) is 114 Å². The number of rotatable bonds is 10. The maximum Gasteiger partial charge on any atom is 0.319 e. The molecular formula is C43H54N6O4. The molecule has 0 saturated carbocycles. The summed E-state index contributed by atoms with van der Waals surface area (Å²) in [5.74, 6) is 0.208. The molecule has 3 aromatic rings. The molecule has 7 rings (SSSR count). The molecule has 5 amide bonds. The Morgan fingerprint density at radius 3 is 2.19 bits per heavy atom. The monoisotopic (exact) mass is 718 g/mol. The van der Waals surface area contributed by atoms with Crippen LogP contribution in [0.1, 0.15) is 69.8 Å². The van der Waals surface area contributed by atoms with E-state index >= 15 is 0 Å². The van der Waals surface area contributed by atoms with Gasteiger partial charge in [-0.2, -0.15) is 0 Å². The zero-order valence-electron chi connectivity index (χ0n) is 30.8. The third kappa shape index (κ3) is 9.27. The third-order valence-electron chi connectivity index (χ3n) is 11.9. The minimum Gasteiger partial charge on any atom is -0.343 e. The molecule has 0 spiro atoms. The third-order valence-corrected chi connectivity index (χ3v) is 11.9. The van der Waals surface area contributed by atoms with Crippen molar-refractivity contribution in [3.8, 4) is 11.1 Å². The summed E-state index contributed by atoms with van der Waals surface area (Å²) in [6.07, 6.45) is 9.77. The number of hydrogen-bond donors (Lipinski definition) is 3. The number of piperidine rings is 3. The number of carbonyl (C=O) groups excluding carboxylic acids is 4. The Balaban J connectivity index is 0.961. The number of anilines is 2. The van der Waals surface area contributed by atoms with Crippen LogP contribution < -0.4 is 16.0 Å². The lowest BCUT2D eigenvalue weighted by molar-refractivity contribution is -0.140. The molecule has 280 valence electrons. The molecule has 4 aliphatic rings. The predicted molar refractivity (Wildman–Crippen MR) is 208 cm³/mol. The lowest BCUT2D eigenvalue weighted by Gasteiger charge is -2.41. The molecule has 10 heteroatoms. The minimum absolute atomic E-state index is 0.0295. The maximum atomic E-state index is 14.1. The van der Waals surface area contributed by atoms with Crippen LogP contribution in [0.25, 0.3) is 11.1 Å². The first-order valence-corrected chi connectivity index (χ1v) is 19.8. The first-order valence-electron chi connectivity index (χ1n) is 19.8. The predicted octanol–water partition coefficient (Wildman–Crippen LogP) is 6.54. The van der Waals surface area contributed by atoms with Crippen molar-refractivity contribution in [3.05, 3.63) is 84.4 Å². The SMILES string of the molecule is O=C(Nc1ccccc1-c1ccccc1)N[C@@H](CC(=O)N1CCC(CCC2Cc3ccccc3NC2=O)CC1)C(=O)N1CCC(N2CCCCC2)CC1. The van der Waals surface area contributed by atoms with Crippen LogP contribution in [-0.4, -0.2) is 89.8 Å². The van der Waals surface area contributed by atoms with Crippen molar-refractivity contribution in [2.45, 2.75) is 82.7 Å². The molecule has 10 nitrogen and oxygen atoms in total. The Hall–Kier alpha value is -4.70. The van der Waals surface area contributed by atoms with Gasteiger partial charge in [0, 0.05) is 49.4 Å². The molecule has 2 atom stereocenters. The second-order valence-corrected chi connectivity index (χ2v) is 15.4. The lowest BCUT2D eigenvalue weighted by atomic mass is 9.84. The standard InChI is InChI=1S/C43H54N6O4/c50-40(48-25-19-31(20-26-48)17-18-34-29-33-13-5-7-15-37(33)44-41(34)51)30-39(42(52)49-27-21-35(22-28-49)47-23-9-2-10-24-47)46-43(53)45-38-16-8-6-14-36(38)32-11-3-1-4-12-32/h1,3-8,11-16,31,34-35,39H,2,9-10,17-30H2,(H,44,51)(H2,45,46,53)/t34?,39-/m0/s1. The Labute approximate surface area is 313 Å². The summed E-state index contributed by atoms with van der Waals surface area (Å²) in [7, 11) is 0. The number of para-hydroxylation sites is 2. The highest BCUT2D eigenvalue weighted by atomic mass is 16.2.